The maximum absolute atomic E-state index is 12.6. The van der Waals surface area contributed by atoms with Gasteiger partial charge in [-0.25, -0.2) is 15.0 Å². The van der Waals surface area contributed by atoms with Crippen LogP contribution >= 0.6 is 12.4 Å². The molecule has 2 aliphatic heterocycles. The molecule has 12 heteroatoms. The average Bonchev–Trinajstić information content (AvgIpc) is 3.20. The number of alkyl halides is 3. The number of hydrogen-bond acceptors (Lipinski definition) is 8. The predicted molar refractivity (Wildman–Crippen MR) is 119 cm³/mol. The Morgan fingerprint density at radius 1 is 1.09 bits per heavy atom. The van der Waals surface area contributed by atoms with E-state index in [9.17, 15) is 13.2 Å². The fraction of sp³-hybridized carbons (Fsp3) is 0.333. The number of anilines is 3. The molecule has 0 aromatic carbocycles. The van der Waals surface area contributed by atoms with Gasteiger partial charge in [0, 0.05) is 67.9 Å². The number of nitrogens with zero attached hydrogens (tertiary/aromatic N) is 5. The molecule has 33 heavy (non-hydrogen) atoms. The van der Waals surface area contributed by atoms with Gasteiger partial charge in [-0.3, -0.25) is 4.98 Å². The molecule has 0 radical (unpaired) electrons. The van der Waals surface area contributed by atoms with Crippen LogP contribution in [0.15, 0.2) is 48.9 Å². The SMILES string of the molecule is Cl.FC(F)(F)Oc1ccnc(Nc2cc(N3CCC4(CNC4)C3)nc(-c3cccnc3)n2)c1. The highest BCUT2D eigenvalue weighted by molar-refractivity contribution is 5.85. The van der Waals surface area contributed by atoms with E-state index >= 15 is 0 Å². The molecule has 2 fully saturated rings. The Morgan fingerprint density at radius 3 is 2.61 bits per heavy atom. The Labute approximate surface area is 194 Å². The molecule has 2 N–H and O–H groups in total. The van der Waals surface area contributed by atoms with Crippen molar-refractivity contribution in [3.05, 3.63) is 48.9 Å². The van der Waals surface area contributed by atoms with E-state index in [0.29, 0.717) is 11.6 Å². The number of ether oxygens (including phenoxy) is 1. The molecule has 5 rings (SSSR count). The van der Waals surface area contributed by atoms with E-state index in [0.717, 1.165) is 50.0 Å². The largest absolute Gasteiger partial charge is 0.573 e. The first-order chi connectivity index (χ1) is 15.4. The topological polar surface area (TPSA) is 88.1 Å². The van der Waals surface area contributed by atoms with Crippen LogP contribution in [0.4, 0.5) is 30.6 Å². The summed E-state index contributed by atoms with van der Waals surface area (Å²) in [5.74, 6) is 1.44. The van der Waals surface area contributed by atoms with Crippen molar-refractivity contribution in [2.75, 3.05) is 36.4 Å². The Kier molecular flexibility index (Phi) is 6.26. The fourth-order valence-corrected chi connectivity index (χ4v) is 3.99. The average molecular weight is 480 g/mol. The minimum absolute atomic E-state index is 0. The smallest absolute Gasteiger partial charge is 0.406 e. The van der Waals surface area contributed by atoms with Crippen molar-refractivity contribution >= 4 is 29.9 Å². The second-order valence-corrected chi connectivity index (χ2v) is 8.00. The van der Waals surface area contributed by atoms with Crippen LogP contribution < -0.4 is 20.3 Å². The van der Waals surface area contributed by atoms with Gasteiger partial charge in [-0.1, -0.05) is 0 Å². The molecule has 0 amide bonds. The molecule has 1 spiro atoms. The zero-order valence-electron chi connectivity index (χ0n) is 17.3. The second-order valence-electron chi connectivity index (χ2n) is 8.00. The van der Waals surface area contributed by atoms with E-state index in [1.807, 2.05) is 6.07 Å². The van der Waals surface area contributed by atoms with E-state index in [1.54, 1.807) is 24.5 Å². The van der Waals surface area contributed by atoms with Crippen LogP contribution in [0.25, 0.3) is 11.4 Å². The lowest BCUT2D eigenvalue weighted by atomic mass is 9.81. The third kappa shape index (κ3) is 5.25. The summed E-state index contributed by atoms with van der Waals surface area (Å²) in [6, 6.07) is 7.74. The minimum atomic E-state index is -4.78. The van der Waals surface area contributed by atoms with Crippen molar-refractivity contribution < 1.29 is 17.9 Å². The summed E-state index contributed by atoms with van der Waals surface area (Å²) >= 11 is 0. The predicted octanol–water partition coefficient (Wildman–Crippen LogP) is 3.80. The van der Waals surface area contributed by atoms with Crippen molar-refractivity contribution in [3.8, 4) is 17.1 Å². The maximum Gasteiger partial charge on any atom is 0.573 e. The Balaban J connectivity index is 0.00000259. The number of pyridine rings is 2. The van der Waals surface area contributed by atoms with Crippen LogP contribution in [-0.2, 0) is 0 Å². The van der Waals surface area contributed by atoms with Gasteiger partial charge in [0.2, 0.25) is 0 Å². The molecular formula is C21H21ClF3N7O. The van der Waals surface area contributed by atoms with Crippen molar-refractivity contribution in [1.82, 2.24) is 25.3 Å². The lowest BCUT2D eigenvalue weighted by Gasteiger charge is -2.39. The number of halogens is 4. The van der Waals surface area contributed by atoms with E-state index in [-0.39, 0.29) is 29.4 Å². The molecule has 0 unspecified atom stereocenters. The van der Waals surface area contributed by atoms with Gasteiger partial charge in [0.1, 0.15) is 23.2 Å². The van der Waals surface area contributed by atoms with Crippen molar-refractivity contribution in [2.24, 2.45) is 5.41 Å². The van der Waals surface area contributed by atoms with Crippen molar-refractivity contribution in [1.29, 1.82) is 0 Å². The standard InChI is InChI=1S/C21H20F3N7O.ClH/c22-21(23,24)32-15-3-6-27-16(8-15)28-17-9-18(31-7-4-20(13-31)11-26-12-20)30-19(29-17)14-2-1-5-25-10-14;/h1-3,5-6,8-10,26H,4,7,11-13H2,(H,27,28,29,30);1H. The van der Waals surface area contributed by atoms with Crippen LogP contribution in [0.1, 0.15) is 6.42 Å². The summed E-state index contributed by atoms with van der Waals surface area (Å²) in [6.45, 7) is 3.74. The normalized spacial score (nSPS) is 16.8. The fourth-order valence-electron chi connectivity index (χ4n) is 3.99. The first-order valence-electron chi connectivity index (χ1n) is 10.1. The molecule has 8 nitrogen and oxygen atoms in total. The minimum Gasteiger partial charge on any atom is -0.406 e. The summed E-state index contributed by atoms with van der Waals surface area (Å²) in [5, 5.41) is 6.32. The zero-order valence-corrected chi connectivity index (χ0v) is 18.2. The monoisotopic (exact) mass is 479 g/mol. The molecular weight excluding hydrogens is 459 g/mol. The van der Waals surface area contributed by atoms with Gasteiger partial charge in [0.05, 0.1) is 0 Å². The second kappa shape index (κ2) is 8.99. The van der Waals surface area contributed by atoms with Gasteiger partial charge in [0.15, 0.2) is 5.82 Å². The van der Waals surface area contributed by atoms with Gasteiger partial charge in [-0.15, -0.1) is 25.6 Å². The first kappa shape index (κ1) is 23.0. The van der Waals surface area contributed by atoms with Gasteiger partial charge in [-0.05, 0) is 24.6 Å². The van der Waals surface area contributed by atoms with E-state index in [1.165, 1.54) is 12.3 Å². The van der Waals surface area contributed by atoms with Gasteiger partial charge < -0.3 is 20.3 Å². The highest BCUT2D eigenvalue weighted by Gasteiger charge is 2.43. The zero-order chi connectivity index (χ0) is 22.2. The van der Waals surface area contributed by atoms with E-state index < -0.39 is 6.36 Å². The number of aromatic nitrogens is 4. The molecule has 2 aliphatic rings. The summed E-state index contributed by atoms with van der Waals surface area (Å²) in [4.78, 5) is 19.7. The van der Waals surface area contributed by atoms with Crippen LogP contribution in [0, 0.1) is 5.41 Å². The van der Waals surface area contributed by atoms with Crippen LogP contribution in [0.3, 0.4) is 0 Å². The molecule has 5 heterocycles. The summed E-state index contributed by atoms with van der Waals surface area (Å²) < 4.78 is 41.7. The summed E-state index contributed by atoms with van der Waals surface area (Å²) in [5.41, 5.74) is 1.01. The maximum atomic E-state index is 12.6. The van der Waals surface area contributed by atoms with E-state index in [2.05, 4.69) is 35.2 Å². The number of nitrogens with one attached hydrogen (secondary N) is 2. The van der Waals surface area contributed by atoms with Crippen LogP contribution in [-0.4, -0.2) is 52.5 Å². The van der Waals surface area contributed by atoms with Crippen molar-refractivity contribution in [3.63, 3.8) is 0 Å². The van der Waals surface area contributed by atoms with Gasteiger partial charge >= 0.3 is 6.36 Å². The lowest BCUT2D eigenvalue weighted by molar-refractivity contribution is -0.274. The van der Waals surface area contributed by atoms with Gasteiger partial charge in [-0.2, -0.15) is 0 Å². The number of rotatable bonds is 5. The quantitative estimate of drug-likeness (QED) is 0.571. The Morgan fingerprint density at radius 2 is 1.94 bits per heavy atom. The van der Waals surface area contributed by atoms with Crippen molar-refractivity contribution in [2.45, 2.75) is 12.8 Å². The van der Waals surface area contributed by atoms with E-state index in [4.69, 9.17) is 4.98 Å². The molecule has 0 saturated carbocycles. The molecule has 2 saturated heterocycles. The Hall–Kier alpha value is -3.18. The third-order valence-electron chi connectivity index (χ3n) is 5.62. The van der Waals surface area contributed by atoms with Crippen LogP contribution in [0.2, 0.25) is 0 Å². The molecule has 3 aromatic rings. The molecule has 3 aromatic heterocycles. The highest BCUT2D eigenvalue weighted by Crippen LogP contribution is 2.37. The lowest BCUT2D eigenvalue weighted by Crippen LogP contribution is -2.54. The third-order valence-corrected chi connectivity index (χ3v) is 5.62. The Bertz CT molecular complexity index is 1110. The number of hydrogen-bond donors (Lipinski definition) is 2. The first-order valence-corrected chi connectivity index (χ1v) is 10.1. The highest BCUT2D eigenvalue weighted by atomic mass is 35.5. The molecule has 0 atom stereocenters. The summed E-state index contributed by atoms with van der Waals surface area (Å²) in [7, 11) is 0. The summed E-state index contributed by atoms with van der Waals surface area (Å²) in [6.07, 6.45) is 0.863. The molecule has 0 bridgehead atoms. The molecule has 0 aliphatic carbocycles. The van der Waals surface area contributed by atoms with Gasteiger partial charge in [0.25, 0.3) is 0 Å². The van der Waals surface area contributed by atoms with Crippen LogP contribution in [0.5, 0.6) is 5.75 Å². The molecule has 174 valence electrons.